The Labute approximate surface area is 122 Å². The molecule has 2 aromatic carbocycles. The number of halogens is 1. The molecule has 0 amide bonds. The van der Waals surface area contributed by atoms with Crippen LogP contribution >= 0.6 is 15.9 Å². The molecule has 0 unspecified atom stereocenters. The molecule has 0 aliphatic carbocycles. The predicted octanol–water partition coefficient (Wildman–Crippen LogP) is 4.88. The first-order valence-corrected chi connectivity index (χ1v) is 7.21. The lowest BCUT2D eigenvalue weighted by Crippen LogP contribution is -2.05. The highest BCUT2D eigenvalue weighted by Crippen LogP contribution is 2.17. The molecule has 0 spiro atoms. The van der Waals surface area contributed by atoms with E-state index in [1.165, 1.54) is 5.56 Å². The quantitative estimate of drug-likeness (QED) is 0.734. The highest BCUT2D eigenvalue weighted by atomic mass is 79.9. The van der Waals surface area contributed by atoms with Crippen molar-refractivity contribution in [3.05, 3.63) is 69.2 Å². The van der Waals surface area contributed by atoms with Gasteiger partial charge >= 0.3 is 0 Å². The van der Waals surface area contributed by atoms with Gasteiger partial charge in [-0.25, -0.2) is 0 Å². The number of carbonyl (C=O) groups excluding carboxylic acids is 1. The van der Waals surface area contributed by atoms with Gasteiger partial charge in [0.15, 0.2) is 5.78 Å². The zero-order valence-electron chi connectivity index (χ0n) is 11.2. The van der Waals surface area contributed by atoms with Crippen LogP contribution in [0.15, 0.2) is 46.9 Å². The molecule has 98 valence electrons. The summed E-state index contributed by atoms with van der Waals surface area (Å²) in [5.74, 6) is 0.235. The molecule has 19 heavy (non-hydrogen) atoms. The minimum Gasteiger partial charge on any atom is -0.294 e. The van der Waals surface area contributed by atoms with Crippen molar-refractivity contribution >= 4 is 21.7 Å². The molecule has 0 N–H and O–H groups in total. The van der Waals surface area contributed by atoms with Crippen molar-refractivity contribution in [3.8, 4) is 0 Å². The lowest BCUT2D eigenvalue weighted by molar-refractivity contribution is 0.0981. The Bertz CT molecular complexity index is 564. The molecule has 1 nitrogen and oxygen atoms in total. The summed E-state index contributed by atoms with van der Waals surface area (Å²) < 4.78 is 1.07. The fourth-order valence-corrected chi connectivity index (χ4v) is 2.55. The number of aryl methyl sites for hydroxylation is 3. The third kappa shape index (κ3) is 3.54. The van der Waals surface area contributed by atoms with Crippen LogP contribution in [0.3, 0.4) is 0 Å². The monoisotopic (exact) mass is 316 g/mol. The second-order valence-electron chi connectivity index (χ2n) is 4.82. The maximum atomic E-state index is 12.3. The summed E-state index contributed by atoms with van der Waals surface area (Å²) >= 11 is 3.41. The molecule has 0 bridgehead atoms. The summed E-state index contributed by atoms with van der Waals surface area (Å²) in [5, 5.41) is 0. The van der Waals surface area contributed by atoms with E-state index in [2.05, 4.69) is 28.1 Å². The van der Waals surface area contributed by atoms with Gasteiger partial charge in [-0.15, -0.1) is 0 Å². The summed E-state index contributed by atoms with van der Waals surface area (Å²) in [5.41, 5.74) is 4.23. The molecule has 2 rings (SSSR count). The third-order valence-electron chi connectivity index (χ3n) is 3.31. The molecule has 0 atom stereocenters. The highest BCUT2D eigenvalue weighted by Gasteiger charge is 2.11. The van der Waals surface area contributed by atoms with Gasteiger partial charge < -0.3 is 0 Å². The minimum atomic E-state index is 0.235. The molecule has 0 saturated carbocycles. The Hall–Kier alpha value is -1.41. The summed E-state index contributed by atoms with van der Waals surface area (Å²) in [6.45, 7) is 4.00. The Kier molecular flexibility index (Phi) is 4.54. The van der Waals surface area contributed by atoms with E-state index in [-0.39, 0.29) is 5.78 Å². The van der Waals surface area contributed by atoms with E-state index in [0.717, 1.165) is 27.6 Å². The number of rotatable bonds is 4. The highest BCUT2D eigenvalue weighted by molar-refractivity contribution is 9.10. The van der Waals surface area contributed by atoms with E-state index in [1.807, 2.05) is 44.2 Å². The van der Waals surface area contributed by atoms with Crippen LogP contribution in [0.1, 0.15) is 33.5 Å². The largest absolute Gasteiger partial charge is 0.294 e. The lowest BCUT2D eigenvalue weighted by atomic mass is 9.95. The second kappa shape index (κ2) is 6.16. The normalized spacial score (nSPS) is 10.5. The average molecular weight is 317 g/mol. The van der Waals surface area contributed by atoms with Crippen molar-refractivity contribution in [1.29, 1.82) is 0 Å². The zero-order valence-corrected chi connectivity index (χ0v) is 12.8. The fraction of sp³-hybridized carbons (Fsp3) is 0.235. The molecule has 0 aromatic heterocycles. The SMILES string of the molecule is Cc1cccc(C)c1C(=O)CCc1ccc(Br)cc1. The Morgan fingerprint density at radius 3 is 2.16 bits per heavy atom. The smallest absolute Gasteiger partial charge is 0.163 e. The van der Waals surface area contributed by atoms with Crippen LogP contribution in [0.5, 0.6) is 0 Å². The zero-order chi connectivity index (χ0) is 13.8. The van der Waals surface area contributed by atoms with Gasteiger partial charge in [0.1, 0.15) is 0 Å². The standard InChI is InChI=1S/C17H17BrO/c1-12-4-3-5-13(2)17(12)16(19)11-8-14-6-9-15(18)10-7-14/h3-7,9-10H,8,11H2,1-2H3. The van der Waals surface area contributed by atoms with Crippen LogP contribution in [0, 0.1) is 13.8 Å². The first-order valence-electron chi connectivity index (χ1n) is 6.42. The molecular weight excluding hydrogens is 300 g/mol. The summed E-state index contributed by atoms with van der Waals surface area (Å²) in [4.78, 5) is 12.3. The first-order chi connectivity index (χ1) is 9.08. The number of carbonyl (C=O) groups is 1. The van der Waals surface area contributed by atoms with Crippen molar-refractivity contribution in [2.75, 3.05) is 0 Å². The molecule has 0 saturated heterocycles. The molecule has 2 aromatic rings. The molecular formula is C17H17BrO. The van der Waals surface area contributed by atoms with Crippen LogP contribution in [-0.2, 0) is 6.42 Å². The topological polar surface area (TPSA) is 17.1 Å². The number of Topliss-reactive ketones (excluding diaryl/α,β-unsaturated/α-hetero) is 1. The van der Waals surface area contributed by atoms with E-state index in [9.17, 15) is 4.79 Å². The maximum Gasteiger partial charge on any atom is 0.163 e. The Morgan fingerprint density at radius 2 is 1.58 bits per heavy atom. The van der Waals surface area contributed by atoms with Gasteiger partial charge in [0, 0.05) is 16.5 Å². The molecule has 0 radical (unpaired) electrons. The molecule has 2 heteroatoms. The number of benzene rings is 2. The van der Waals surface area contributed by atoms with Gasteiger partial charge in [0.25, 0.3) is 0 Å². The van der Waals surface area contributed by atoms with Crippen molar-refractivity contribution in [1.82, 2.24) is 0 Å². The van der Waals surface area contributed by atoms with Crippen LogP contribution in [0.25, 0.3) is 0 Å². The van der Waals surface area contributed by atoms with Crippen LogP contribution < -0.4 is 0 Å². The van der Waals surface area contributed by atoms with Gasteiger partial charge in [0.2, 0.25) is 0 Å². The molecule has 0 heterocycles. The Morgan fingerprint density at radius 1 is 1.00 bits per heavy atom. The first kappa shape index (κ1) is 14.0. The van der Waals surface area contributed by atoms with E-state index in [0.29, 0.717) is 6.42 Å². The van der Waals surface area contributed by atoms with Crippen LogP contribution in [0.4, 0.5) is 0 Å². The van der Waals surface area contributed by atoms with E-state index in [1.54, 1.807) is 0 Å². The van der Waals surface area contributed by atoms with E-state index < -0.39 is 0 Å². The minimum absolute atomic E-state index is 0.235. The van der Waals surface area contributed by atoms with Gasteiger partial charge in [-0.2, -0.15) is 0 Å². The second-order valence-corrected chi connectivity index (χ2v) is 5.73. The van der Waals surface area contributed by atoms with Crippen molar-refractivity contribution in [3.63, 3.8) is 0 Å². The summed E-state index contributed by atoms with van der Waals surface area (Å²) in [7, 11) is 0. The number of hydrogen-bond acceptors (Lipinski definition) is 1. The van der Waals surface area contributed by atoms with Gasteiger partial charge in [0.05, 0.1) is 0 Å². The van der Waals surface area contributed by atoms with Crippen LogP contribution in [0.2, 0.25) is 0 Å². The average Bonchev–Trinajstić information content (AvgIpc) is 2.38. The molecule has 0 fully saturated rings. The van der Waals surface area contributed by atoms with Crippen molar-refractivity contribution in [2.45, 2.75) is 26.7 Å². The van der Waals surface area contributed by atoms with Gasteiger partial charge in [-0.1, -0.05) is 46.3 Å². The Balaban J connectivity index is 2.07. The molecule has 0 aliphatic rings. The van der Waals surface area contributed by atoms with Crippen LogP contribution in [-0.4, -0.2) is 5.78 Å². The van der Waals surface area contributed by atoms with E-state index in [4.69, 9.17) is 0 Å². The third-order valence-corrected chi connectivity index (χ3v) is 3.84. The lowest BCUT2D eigenvalue weighted by Gasteiger charge is -2.08. The summed E-state index contributed by atoms with van der Waals surface area (Å²) in [6, 6.07) is 14.1. The maximum absolute atomic E-state index is 12.3. The number of ketones is 1. The predicted molar refractivity (Wildman–Crippen MR) is 82.7 cm³/mol. The van der Waals surface area contributed by atoms with Crippen molar-refractivity contribution in [2.24, 2.45) is 0 Å². The number of hydrogen-bond donors (Lipinski definition) is 0. The molecule has 0 aliphatic heterocycles. The van der Waals surface area contributed by atoms with Gasteiger partial charge in [-0.3, -0.25) is 4.79 Å². The van der Waals surface area contributed by atoms with Crippen molar-refractivity contribution < 1.29 is 4.79 Å². The fourth-order valence-electron chi connectivity index (χ4n) is 2.29. The van der Waals surface area contributed by atoms with Gasteiger partial charge in [-0.05, 0) is 49.1 Å². The van der Waals surface area contributed by atoms with E-state index >= 15 is 0 Å². The summed E-state index contributed by atoms with van der Waals surface area (Å²) in [6.07, 6.45) is 1.35.